The molecule has 0 radical (unpaired) electrons. The van der Waals surface area contributed by atoms with Crippen molar-refractivity contribution in [2.45, 2.75) is 13.5 Å². The fourth-order valence-corrected chi connectivity index (χ4v) is 3.33. The van der Waals surface area contributed by atoms with Gasteiger partial charge >= 0.3 is 0 Å². The molecular formula is C20H23N5O2. The second-order valence-electron chi connectivity index (χ2n) is 6.76. The maximum absolute atomic E-state index is 12.6. The number of amides is 1. The van der Waals surface area contributed by atoms with E-state index in [0.29, 0.717) is 25.5 Å². The average molecular weight is 365 g/mol. The number of pyridine rings is 1. The lowest BCUT2D eigenvalue weighted by atomic mass is 10.2. The van der Waals surface area contributed by atoms with Crippen LogP contribution >= 0.6 is 0 Å². The molecule has 1 N–H and O–H groups in total. The number of aromatic nitrogens is 3. The lowest BCUT2D eigenvalue weighted by Gasteiger charge is -2.28. The summed E-state index contributed by atoms with van der Waals surface area (Å²) < 4.78 is 7.39. The first-order valence-electron chi connectivity index (χ1n) is 9.11. The van der Waals surface area contributed by atoms with E-state index in [9.17, 15) is 4.79 Å². The Balaban J connectivity index is 1.47. The number of fused-ring (bicyclic) bond motifs is 1. The number of hydrogen-bond acceptors (Lipinski definition) is 5. The third kappa shape index (κ3) is 3.64. The molecule has 1 fully saturated rings. The van der Waals surface area contributed by atoms with Crippen LogP contribution in [0.1, 0.15) is 21.9 Å². The maximum atomic E-state index is 12.6. The highest BCUT2D eigenvalue weighted by atomic mass is 16.5. The Kier molecular flexibility index (Phi) is 4.77. The summed E-state index contributed by atoms with van der Waals surface area (Å²) in [7, 11) is 1.96. The number of rotatable bonds is 4. The molecule has 1 aliphatic rings. The van der Waals surface area contributed by atoms with Crippen LogP contribution in [0, 0.1) is 6.92 Å². The number of carbonyl (C=O) groups excluding carboxylic acids is 1. The van der Waals surface area contributed by atoms with Gasteiger partial charge in [0, 0.05) is 32.0 Å². The predicted octanol–water partition coefficient (Wildman–Crippen LogP) is 2.04. The topological polar surface area (TPSA) is 72.3 Å². The van der Waals surface area contributed by atoms with Gasteiger partial charge in [0.2, 0.25) is 0 Å². The third-order valence-corrected chi connectivity index (χ3v) is 4.89. The Morgan fingerprint density at radius 2 is 2.04 bits per heavy atom. The normalized spacial score (nSPS) is 14.5. The first-order chi connectivity index (χ1) is 13.1. The number of carbonyl (C=O) groups is 1. The molecule has 1 aliphatic heterocycles. The predicted molar refractivity (Wildman–Crippen MR) is 104 cm³/mol. The van der Waals surface area contributed by atoms with Crippen molar-refractivity contribution in [3.8, 4) is 0 Å². The van der Waals surface area contributed by atoms with E-state index >= 15 is 0 Å². The highest BCUT2D eigenvalue weighted by molar-refractivity contribution is 5.93. The summed E-state index contributed by atoms with van der Waals surface area (Å²) in [6.45, 7) is 5.45. The molecule has 3 aromatic rings. The van der Waals surface area contributed by atoms with Crippen LogP contribution < -0.4 is 10.2 Å². The fraction of sp³-hybridized carbons (Fsp3) is 0.350. The second-order valence-corrected chi connectivity index (χ2v) is 6.76. The minimum absolute atomic E-state index is 0.201. The van der Waals surface area contributed by atoms with Crippen molar-refractivity contribution in [2.24, 2.45) is 7.05 Å². The molecule has 0 bridgehead atoms. The lowest BCUT2D eigenvalue weighted by Crippen LogP contribution is -2.36. The van der Waals surface area contributed by atoms with E-state index < -0.39 is 0 Å². The molecule has 1 aromatic carbocycles. The van der Waals surface area contributed by atoms with Crippen molar-refractivity contribution >= 4 is 22.6 Å². The Morgan fingerprint density at radius 1 is 1.22 bits per heavy atom. The second kappa shape index (κ2) is 7.36. The van der Waals surface area contributed by atoms with E-state index in [0.717, 1.165) is 35.6 Å². The summed E-state index contributed by atoms with van der Waals surface area (Å²) in [6, 6.07) is 9.92. The molecule has 140 valence electrons. The minimum Gasteiger partial charge on any atom is -0.378 e. The van der Waals surface area contributed by atoms with Crippen molar-refractivity contribution in [1.82, 2.24) is 19.9 Å². The van der Waals surface area contributed by atoms with E-state index in [2.05, 4.69) is 32.3 Å². The number of nitrogens with zero attached hydrogens (tertiary/aromatic N) is 4. The minimum atomic E-state index is -0.201. The molecule has 1 amide bonds. The molecule has 4 rings (SSSR count). The zero-order valence-corrected chi connectivity index (χ0v) is 15.6. The first-order valence-corrected chi connectivity index (χ1v) is 9.11. The van der Waals surface area contributed by atoms with Gasteiger partial charge in [-0.25, -0.2) is 4.98 Å². The van der Waals surface area contributed by atoms with Crippen LogP contribution in [0.5, 0.6) is 0 Å². The van der Waals surface area contributed by atoms with Gasteiger partial charge < -0.3 is 19.5 Å². The number of ether oxygens (including phenoxy) is 1. The van der Waals surface area contributed by atoms with Crippen LogP contribution in [0.25, 0.3) is 11.0 Å². The summed E-state index contributed by atoms with van der Waals surface area (Å²) in [4.78, 5) is 23.6. The molecule has 0 atom stereocenters. The van der Waals surface area contributed by atoms with Gasteiger partial charge in [0.15, 0.2) is 0 Å². The quantitative estimate of drug-likeness (QED) is 0.766. The number of hydrogen-bond donors (Lipinski definition) is 1. The van der Waals surface area contributed by atoms with Crippen LogP contribution in [-0.4, -0.2) is 46.7 Å². The first kappa shape index (κ1) is 17.5. The van der Waals surface area contributed by atoms with Gasteiger partial charge in [0.1, 0.15) is 11.5 Å². The van der Waals surface area contributed by atoms with Crippen LogP contribution in [-0.2, 0) is 18.3 Å². The van der Waals surface area contributed by atoms with Crippen molar-refractivity contribution in [3.63, 3.8) is 0 Å². The molecule has 3 heterocycles. The van der Waals surface area contributed by atoms with Gasteiger partial charge in [-0.2, -0.15) is 0 Å². The van der Waals surface area contributed by atoms with Crippen LogP contribution in [0.3, 0.4) is 0 Å². The van der Waals surface area contributed by atoms with Crippen molar-refractivity contribution in [2.75, 3.05) is 31.2 Å². The smallest absolute Gasteiger partial charge is 0.270 e. The summed E-state index contributed by atoms with van der Waals surface area (Å²) >= 11 is 0. The Morgan fingerprint density at radius 3 is 2.85 bits per heavy atom. The molecule has 0 spiro atoms. The molecule has 0 aliphatic carbocycles. The average Bonchev–Trinajstić information content (AvgIpc) is 3.01. The standard InChI is InChI=1S/C20H23N5O2/c1-14-3-4-18-16(11-14)23-19(24(18)2)13-22-20(26)17-12-15(5-6-21-17)25-7-9-27-10-8-25/h3-6,11-12H,7-10,13H2,1-2H3,(H,22,26). The highest BCUT2D eigenvalue weighted by Crippen LogP contribution is 2.18. The Bertz CT molecular complexity index is 976. The van der Waals surface area contributed by atoms with E-state index in [-0.39, 0.29) is 5.91 Å². The molecule has 0 unspecified atom stereocenters. The Hall–Kier alpha value is -2.93. The van der Waals surface area contributed by atoms with Crippen molar-refractivity contribution in [1.29, 1.82) is 0 Å². The van der Waals surface area contributed by atoms with Crippen LogP contribution in [0.2, 0.25) is 0 Å². The van der Waals surface area contributed by atoms with Crippen molar-refractivity contribution < 1.29 is 9.53 Å². The van der Waals surface area contributed by atoms with E-state index in [1.54, 1.807) is 6.20 Å². The van der Waals surface area contributed by atoms with Gasteiger partial charge in [-0.05, 0) is 36.8 Å². The third-order valence-electron chi connectivity index (χ3n) is 4.89. The molecule has 7 heteroatoms. The van der Waals surface area contributed by atoms with Gasteiger partial charge in [0.25, 0.3) is 5.91 Å². The zero-order valence-electron chi connectivity index (χ0n) is 15.6. The monoisotopic (exact) mass is 365 g/mol. The number of aryl methyl sites for hydroxylation is 2. The largest absolute Gasteiger partial charge is 0.378 e. The summed E-state index contributed by atoms with van der Waals surface area (Å²) in [5, 5.41) is 2.93. The molecule has 27 heavy (non-hydrogen) atoms. The highest BCUT2D eigenvalue weighted by Gasteiger charge is 2.15. The summed E-state index contributed by atoms with van der Waals surface area (Å²) in [5.41, 5.74) is 4.57. The van der Waals surface area contributed by atoms with Crippen LogP contribution in [0.4, 0.5) is 5.69 Å². The molecule has 1 saturated heterocycles. The zero-order chi connectivity index (χ0) is 18.8. The molecule has 7 nitrogen and oxygen atoms in total. The van der Waals surface area contributed by atoms with E-state index in [4.69, 9.17) is 4.74 Å². The fourth-order valence-electron chi connectivity index (χ4n) is 3.33. The molecule has 0 saturated carbocycles. The van der Waals surface area contributed by atoms with Crippen LogP contribution in [0.15, 0.2) is 36.5 Å². The lowest BCUT2D eigenvalue weighted by molar-refractivity contribution is 0.0944. The SMILES string of the molecule is Cc1ccc2c(c1)nc(CNC(=O)c1cc(N3CCOCC3)ccn1)n2C. The van der Waals surface area contributed by atoms with E-state index in [1.807, 2.05) is 36.7 Å². The summed E-state index contributed by atoms with van der Waals surface area (Å²) in [5.74, 6) is 0.613. The van der Waals surface area contributed by atoms with Gasteiger partial charge in [-0.15, -0.1) is 0 Å². The molecular weight excluding hydrogens is 342 g/mol. The maximum Gasteiger partial charge on any atom is 0.270 e. The van der Waals surface area contributed by atoms with Crippen molar-refractivity contribution in [3.05, 3.63) is 53.6 Å². The van der Waals surface area contributed by atoms with Gasteiger partial charge in [0.05, 0.1) is 30.8 Å². The number of nitrogens with one attached hydrogen (secondary N) is 1. The van der Waals surface area contributed by atoms with E-state index in [1.165, 1.54) is 5.56 Å². The number of imidazole rings is 1. The number of anilines is 1. The molecule has 2 aromatic heterocycles. The summed E-state index contributed by atoms with van der Waals surface area (Å²) in [6.07, 6.45) is 1.68. The van der Waals surface area contributed by atoms with Gasteiger partial charge in [-0.3, -0.25) is 9.78 Å². The Labute approximate surface area is 158 Å². The van der Waals surface area contributed by atoms with Gasteiger partial charge in [-0.1, -0.05) is 6.07 Å². The number of morpholine rings is 1. The number of benzene rings is 1.